The zero-order valence-electron chi connectivity index (χ0n) is 36.1. The van der Waals surface area contributed by atoms with Gasteiger partial charge in [-0.2, -0.15) is 0 Å². The molecule has 1 saturated heterocycles. The molecule has 0 aromatic heterocycles. The number of ether oxygens (including phenoxy) is 1. The second kappa shape index (κ2) is 28.0. The third-order valence-corrected chi connectivity index (χ3v) is 16.9. The Morgan fingerprint density at radius 2 is 1.30 bits per heavy atom. The molecule has 0 bridgehead atoms. The molecule has 0 saturated carbocycles. The number of hydrogen-bond donors (Lipinski definition) is 1. The van der Waals surface area contributed by atoms with E-state index >= 15 is 0 Å². The summed E-state index contributed by atoms with van der Waals surface area (Å²) >= 11 is 5.57. The molecule has 0 radical (unpaired) electrons. The first-order valence-corrected chi connectivity index (χ1v) is 25.7. The van der Waals surface area contributed by atoms with Crippen LogP contribution in [-0.4, -0.2) is 54.3 Å². The number of nitrogens with zero attached hydrogens (tertiary/aromatic N) is 1. The van der Waals surface area contributed by atoms with Crippen molar-refractivity contribution in [2.24, 2.45) is 5.92 Å². The molecule has 2 rings (SSSR count). The van der Waals surface area contributed by atoms with Crippen molar-refractivity contribution < 1.29 is 19.1 Å². The van der Waals surface area contributed by atoms with Crippen LogP contribution >= 0.6 is 12.2 Å². The number of aliphatic hydroxyl groups excluding tert-OH is 1. The molecule has 1 aliphatic heterocycles. The van der Waals surface area contributed by atoms with E-state index in [-0.39, 0.29) is 22.2 Å². The third-order valence-electron chi connectivity index (χ3n) is 12.0. The highest BCUT2D eigenvalue weighted by atomic mass is 32.1. The number of benzene rings is 1. The lowest BCUT2D eigenvalue weighted by atomic mass is 9.90. The van der Waals surface area contributed by atoms with Gasteiger partial charge in [0.1, 0.15) is 6.61 Å². The number of rotatable bonds is 31. The Labute approximate surface area is 340 Å². The van der Waals surface area contributed by atoms with Gasteiger partial charge < -0.3 is 14.3 Å². The van der Waals surface area contributed by atoms with Crippen LogP contribution in [0.5, 0.6) is 0 Å². The highest BCUT2D eigenvalue weighted by molar-refractivity contribution is 7.80. The lowest BCUT2D eigenvalue weighted by Crippen LogP contribution is -2.52. The number of allylic oxidation sites excluding steroid dienone is 2. The van der Waals surface area contributed by atoms with Gasteiger partial charge in [0.25, 0.3) is 5.17 Å². The Morgan fingerprint density at radius 1 is 0.833 bits per heavy atom. The van der Waals surface area contributed by atoms with Gasteiger partial charge in [0, 0.05) is 0 Å². The molecule has 1 amide bonds. The van der Waals surface area contributed by atoms with E-state index in [4.69, 9.17) is 21.4 Å². The van der Waals surface area contributed by atoms with E-state index in [2.05, 4.69) is 65.1 Å². The van der Waals surface area contributed by atoms with Gasteiger partial charge in [0.2, 0.25) is 5.91 Å². The van der Waals surface area contributed by atoms with Crippen LogP contribution in [0.4, 0.5) is 0 Å². The molecule has 7 heteroatoms. The van der Waals surface area contributed by atoms with Crippen LogP contribution in [0.2, 0.25) is 18.1 Å². The molecule has 1 aromatic carbocycles. The number of carbonyl (C=O) groups excluding carboxylic acids is 1. The van der Waals surface area contributed by atoms with Crippen molar-refractivity contribution in [3.8, 4) is 0 Å². The Bertz CT molecular complexity index is 1150. The molecule has 5 nitrogen and oxygen atoms in total. The van der Waals surface area contributed by atoms with Crippen LogP contribution < -0.4 is 0 Å². The minimum Gasteiger partial charge on any atom is -0.468 e. The largest absolute Gasteiger partial charge is 0.468 e. The maximum absolute atomic E-state index is 14.3. The third kappa shape index (κ3) is 19.5. The van der Waals surface area contributed by atoms with Gasteiger partial charge >= 0.3 is 0 Å². The molecule has 0 unspecified atom stereocenters. The topological polar surface area (TPSA) is 59.0 Å². The summed E-state index contributed by atoms with van der Waals surface area (Å²) in [6.07, 6.45) is 33.6. The summed E-state index contributed by atoms with van der Waals surface area (Å²) in [5.41, 5.74) is 1.14. The summed E-state index contributed by atoms with van der Waals surface area (Å²) in [6.45, 7) is 15.6. The number of carbonyl (C=O) groups is 1. The molecule has 1 heterocycles. The Morgan fingerprint density at radius 3 is 1.78 bits per heavy atom. The van der Waals surface area contributed by atoms with Gasteiger partial charge in [-0.15, -0.1) is 0 Å². The molecule has 1 N–H and O–H groups in total. The quantitative estimate of drug-likeness (QED) is 0.0352. The highest BCUT2D eigenvalue weighted by Crippen LogP contribution is 2.38. The van der Waals surface area contributed by atoms with Crippen molar-refractivity contribution in [2.75, 3.05) is 6.61 Å². The predicted molar refractivity (Wildman–Crippen MR) is 238 cm³/mol. The maximum Gasteiger partial charge on any atom is 0.266 e. The summed E-state index contributed by atoms with van der Waals surface area (Å²) in [4.78, 5) is 15.9. The predicted octanol–water partition coefficient (Wildman–Crippen LogP) is 13.7. The molecule has 1 aliphatic rings. The van der Waals surface area contributed by atoms with Crippen molar-refractivity contribution in [3.63, 3.8) is 0 Å². The number of amides is 1. The molecule has 0 aliphatic carbocycles. The normalized spacial score (nSPS) is 16.9. The fourth-order valence-corrected chi connectivity index (χ4v) is 9.18. The first kappa shape index (κ1) is 48.6. The average molecular weight is 786 g/mol. The van der Waals surface area contributed by atoms with Crippen molar-refractivity contribution in [2.45, 2.75) is 225 Å². The van der Waals surface area contributed by atoms with E-state index in [1.54, 1.807) is 4.90 Å². The Hall–Kier alpha value is -1.54. The van der Waals surface area contributed by atoms with Crippen LogP contribution in [0.1, 0.15) is 188 Å². The molecule has 310 valence electrons. The molecule has 1 aromatic rings. The standard InChI is InChI=1S/C47H83NO4SSi/c1-8-9-10-11-12-13-14-15-16-17-18-19-20-21-22-23-24-25-26-27-28-29-30-34-37-43(44(49)40(2)52-54(6,7)47(3,4)5)45(50)48-42(39-51-46(48)53)38-41-35-32-31-33-36-41/h15-16,31-33,35-36,40,42-44,49H,8-14,17-30,34,37-39H2,1-7H3/b16-15-/t40-,42-,43-,44+/m0/s1. The van der Waals surface area contributed by atoms with E-state index in [1.165, 1.54) is 128 Å². The average Bonchev–Trinajstić information content (AvgIpc) is 3.49. The smallest absolute Gasteiger partial charge is 0.266 e. The van der Waals surface area contributed by atoms with Crippen molar-refractivity contribution in [3.05, 3.63) is 48.0 Å². The van der Waals surface area contributed by atoms with Gasteiger partial charge in [0.05, 0.1) is 24.2 Å². The van der Waals surface area contributed by atoms with E-state index in [0.717, 1.165) is 18.4 Å². The van der Waals surface area contributed by atoms with E-state index in [0.29, 0.717) is 19.4 Å². The summed E-state index contributed by atoms with van der Waals surface area (Å²) in [7, 11) is -2.14. The van der Waals surface area contributed by atoms with Crippen LogP contribution in [0.3, 0.4) is 0 Å². The Balaban J connectivity index is 1.67. The van der Waals surface area contributed by atoms with Crippen molar-refractivity contribution in [1.82, 2.24) is 4.90 Å². The van der Waals surface area contributed by atoms with Crippen LogP contribution in [0.25, 0.3) is 0 Å². The summed E-state index contributed by atoms with van der Waals surface area (Å²) in [5.74, 6) is -0.706. The first-order valence-electron chi connectivity index (χ1n) is 22.4. The molecule has 1 fully saturated rings. The lowest BCUT2D eigenvalue weighted by Gasteiger charge is -2.41. The minimum absolute atomic E-state index is 0.00946. The zero-order chi connectivity index (χ0) is 39.7. The summed E-state index contributed by atoms with van der Waals surface area (Å²) in [5, 5.41) is 12.0. The first-order chi connectivity index (χ1) is 25.9. The Kier molecular flexibility index (Phi) is 25.2. The summed E-state index contributed by atoms with van der Waals surface area (Å²) < 4.78 is 12.4. The molecule has 4 atom stereocenters. The monoisotopic (exact) mass is 786 g/mol. The molecular weight excluding hydrogens is 703 g/mol. The number of unbranched alkanes of at least 4 members (excludes halogenated alkanes) is 20. The number of hydrogen-bond acceptors (Lipinski definition) is 5. The molecule has 54 heavy (non-hydrogen) atoms. The van der Waals surface area contributed by atoms with Crippen LogP contribution in [0, 0.1) is 5.92 Å². The van der Waals surface area contributed by atoms with Gasteiger partial charge in [0.15, 0.2) is 8.32 Å². The van der Waals surface area contributed by atoms with E-state index in [9.17, 15) is 9.90 Å². The fraction of sp³-hybridized carbons (Fsp3) is 0.787. The molecular formula is C47H83NO4SSi. The second-order valence-corrected chi connectivity index (χ2v) is 23.0. The van der Waals surface area contributed by atoms with Crippen molar-refractivity contribution in [1.29, 1.82) is 0 Å². The number of thiocarbonyl (C=S) groups is 1. The maximum atomic E-state index is 14.3. The van der Waals surface area contributed by atoms with Crippen LogP contribution in [-0.2, 0) is 20.4 Å². The van der Waals surface area contributed by atoms with Crippen LogP contribution in [0.15, 0.2) is 42.5 Å². The lowest BCUT2D eigenvalue weighted by molar-refractivity contribution is -0.139. The zero-order valence-corrected chi connectivity index (χ0v) is 37.9. The second-order valence-electron chi connectivity index (χ2n) is 17.9. The van der Waals surface area contributed by atoms with Gasteiger partial charge in [-0.25, -0.2) is 0 Å². The van der Waals surface area contributed by atoms with Crippen molar-refractivity contribution >= 4 is 31.6 Å². The SMILES string of the molecule is CCCCCCCC/C=C\CCCCCCCCCCCCCCCC[C@H](C(=O)N1C(=S)OC[C@@H]1Cc1ccccc1)[C@H](O)[C@H](C)O[Si](C)(C)C(C)(C)C. The summed E-state index contributed by atoms with van der Waals surface area (Å²) in [6, 6.07) is 10.0. The minimum atomic E-state index is -2.14. The van der Waals surface area contributed by atoms with E-state index < -0.39 is 26.4 Å². The number of aliphatic hydroxyl groups is 1. The van der Waals surface area contributed by atoms with Gasteiger partial charge in [-0.05, 0) is 81.4 Å². The molecule has 0 spiro atoms. The fourth-order valence-electron chi connectivity index (χ4n) is 7.45. The van der Waals surface area contributed by atoms with Gasteiger partial charge in [-0.1, -0.05) is 186 Å². The van der Waals surface area contributed by atoms with E-state index in [1.807, 2.05) is 25.1 Å². The van der Waals surface area contributed by atoms with Gasteiger partial charge in [-0.3, -0.25) is 9.69 Å². The highest BCUT2D eigenvalue weighted by Gasteiger charge is 2.44.